The van der Waals surface area contributed by atoms with Crippen molar-refractivity contribution < 1.29 is 34.7 Å². The molecule has 1 saturated heterocycles. The van der Waals surface area contributed by atoms with E-state index in [1.54, 1.807) is 6.92 Å². The molecule has 1 aliphatic rings. The Morgan fingerprint density at radius 2 is 1.91 bits per heavy atom. The van der Waals surface area contributed by atoms with Gasteiger partial charge >= 0.3 is 5.97 Å². The van der Waals surface area contributed by atoms with Crippen molar-refractivity contribution in [2.45, 2.75) is 89.2 Å². The standard InChI is InChI=1S/C15H28O7/c1-9(5-3-4-6-11(16)7-14(19)20)21-15-13(18)8-12(17)10(2)22-15/h9-13,15-18H,3-8H2,1-2H3,(H,19,20)/t9-,10+,11-,12-,13-,15-/m1/s1. The van der Waals surface area contributed by atoms with Crippen LogP contribution >= 0.6 is 0 Å². The summed E-state index contributed by atoms with van der Waals surface area (Å²) in [6, 6.07) is 0. The Balaban J connectivity index is 2.18. The van der Waals surface area contributed by atoms with Crippen LogP contribution in [0.2, 0.25) is 0 Å². The first-order valence-corrected chi connectivity index (χ1v) is 7.86. The highest BCUT2D eigenvalue weighted by Crippen LogP contribution is 2.23. The number of carboxylic acids is 1. The number of carboxylic acid groups (broad SMARTS) is 1. The van der Waals surface area contributed by atoms with Gasteiger partial charge in [-0.05, 0) is 26.7 Å². The van der Waals surface area contributed by atoms with Crippen molar-refractivity contribution in [2.75, 3.05) is 0 Å². The summed E-state index contributed by atoms with van der Waals surface area (Å²) in [6.07, 6.45) is -0.866. The monoisotopic (exact) mass is 320 g/mol. The molecule has 4 N–H and O–H groups in total. The zero-order chi connectivity index (χ0) is 16.7. The molecule has 7 nitrogen and oxygen atoms in total. The van der Waals surface area contributed by atoms with Crippen molar-refractivity contribution in [1.82, 2.24) is 0 Å². The molecule has 6 atom stereocenters. The quantitative estimate of drug-likeness (QED) is 0.461. The minimum Gasteiger partial charge on any atom is -0.481 e. The zero-order valence-electron chi connectivity index (χ0n) is 13.2. The second-order valence-corrected chi connectivity index (χ2v) is 6.06. The highest BCUT2D eigenvalue weighted by atomic mass is 16.7. The van der Waals surface area contributed by atoms with E-state index in [4.69, 9.17) is 14.6 Å². The number of ether oxygens (including phenoxy) is 2. The maximum absolute atomic E-state index is 10.4. The number of aliphatic hydroxyl groups excluding tert-OH is 3. The third-order valence-corrected chi connectivity index (χ3v) is 3.86. The number of hydrogen-bond acceptors (Lipinski definition) is 6. The molecule has 0 bridgehead atoms. The lowest BCUT2D eigenvalue weighted by Crippen LogP contribution is -2.48. The fourth-order valence-electron chi connectivity index (χ4n) is 2.48. The van der Waals surface area contributed by atoms with Crippen LogP contribution in [0.4, 0.5) is 0 Å². The molecule has 1 heterocycles. The van der Waals surface area contributed by atoms with Crippen LogP contribution in [0.25, 0.3) is 0 Å². The third-order valence-electron chi connectivity index (χ3n) is 3.86. The maximum atomic E-state index is 10.4. The van der Waals surface area contributed by atoms with E-state index in [-0.39, 0.29) is 25.0 Å². The molecule has 130 valence electrons. The lowest BCUT2D eigenvalue weighted by atomic mass is 10.0. The van der Waals surface area contributed by atoms with Gasteiger partial charge in [-0.1, -0.05) is 12.8 Å². The summed E-state index contributed by atoms with van der Waals surface area (Å²) in [7, 11) is 0. The Morgan fingerprint density at radius 1 is 1.27 bits per heavy atom. The van der Waals surface area contributed by atoms with Gasteiger partial charge in [0.05, 0.1) is 30.8 Å². The number of rotatable bonds is 9. The van der Waals surface area contributed by atoms with Crippen LogP contribution in [0.3, 0.4) is 0 Å². The Hall–Kier alpha value is -0.730. The molecule has 0 aromatic heterocycles. The van der Waals surface area contributed by atoms with Crippen molar-refractivity contribution in [3.05, 3.63) is 0 Å². The normalized spacial score (nSPS) is 31.7. The summed E-state index contributed by atoms with van der Waals surface area (Å²) < 4.78 is 11.1. The predicted molar refractivity (Wildman–Crippen MR) is 78.2 cm³/mol. The largest absolute Gasteiger partial charge is 0.481 e. The molecule has 7 heteroatoms. The minimum absolute atomic E-state index is 0.126. The van der Waals surface area contributed by atoms with Crippen LogP contribution in [0, 0.1) is 0 Å². The average molecular weight is 320 g/mol. The number of carbonyl (C=O) groups is 1. The van der Waals surface area contributed by atoms with E-state index in [1.807, 2.05) is 6.92 Å². The Labute approximate surface area is 130 Å². The summed E-state index contributed by atoms with van der Waals surface area (Å²) in [5.41, 5.74) is 0. The number of hydrogen-bond donors (Lipinski definition) is 4. The summed E-state index contributed by atoms with van der Waals surface area (Å²) in [6.45, 7) is 3.61. The van der Waals surface area contributed by atoms with Crippen molar-refractivity contribution >= 4 is 5.97 Å². The van der Waals surface area contributed by atoms with E-state index in [0.717, 1.165) is 12.8 Å². The van der Waals surface area contributed by atoms with Gasteiger partial charge in [-0.3, -0.25) is 4.79 Å². The molecule has 22 heavy (non-hydrogen) atoms. The van der Waals surface area contributed by atoms with Gasteiger partial charge in [0, 0.05) is 6.42 Å². The fraction of sp³-hybridized carbons (Fsp3) is 0.933. The van der Waals surface area contributed by atoms with Crippen LogP contribution in [-0.2, 0) is 14.3 Å². The second-order valence-electron chi connectivity index (χ2n) is 6.06. The highest BCUT2D eigenvalue weighted by molar-refractivity contribution is 5.67. The van der Waals surface area contributed by atoms with Crippen LogP contribution in [0.1, 0.15) is 52.4 Å². The van der Waals surface area contributed by atoms with Crippen molar-refractivity contribution in [3.8, 4) is 0 Å². The second kappa shape index (κ2) is 9.42. The van der Waals surface area contributed by atoms with Gasteiger partial charge in [-0.15, -0.1) is 0 Å². The highest BCUT2D eigenvalue weighted by Gasteiger charge is 2.35. The SMILES string of the molecule is C[C@H](CCCC[C@@H](O)CC(=O)O)O[C@@H]1O[C@@H](C)[C@H](O)C[C@H]1O. The molecular formula is C15H28O7. The van der Waals surface area contributed by atoms with Gasteiger partial charge in [-0.2, -0.15) is 0 Å². The van der Waals surface area contributed by atoms with Gasteiger partial charge in [-0.25, -0.2) is 0 Å². The first kappa shape index (κ1) is 19.3. The maximum Gasteiger partial charge on any atom is 0.305 e. The van der Waals surface area contributed by atoms with Crippen LogP contribution in [0.5, 0.6) is 0 Å². The van der Waals surface area contributed by atoms with E-state index < -0.39 is 30.6 Å². The first-order chi connectivity index (χ1) is 10.3. The van der Waals surface area contributed by atoms with Gasteiger partial charge in [0.25, 0.3) is 0 Å². The average Bonchev–Trinajstić information content (AvgIpc) is 2.40. The third kappa shape index (κ3) is 7.02. The number of aliphatic carboxylic acids is 1. The molecule has 1 rings (SSSR count). The van der Waals surface area contributed by atoms with E-state index in [9.17, 15) is 20.1 Å². The van der Waals surface area contributed by atoms with Crippen LogP contribution in [0.15, 0.2) is 0 Å². The molecule has 0 aromatic carbocycles. The van der Waals surface area contributed by atoms with Crippen LogP contribution < -0.4 is 0 Å². The summed E-state index contributed by atoms with van der Waals surface area (Å²) in [4.78, 5) is 10.4. The number of unbranched alkanes of at least 4 members (excludes halogenated alkanes) is 1. The fourth-order valence-corrected chi connectivity index (χ4v) is 2.48. The molecule has 1 aliphatic heterocycles. The topological polar surface area (TPSA) is 116 Å². The lowest BCUT2D eigenvalue weighted by Gasteiger charge is -2.36. The molecular weight excluding hydrogens is 292 g/mol. The van der Waals surface area contributed by atoms with Gasteiger partial charge < -0.3 is 29.9 Å². The molecule has 0 aliphatic carbocycles. The van der Waals surface area contributed by atoms with E-state index in [2.05, 4.69) is 0 Å². The summed E-state index contributed by atoms with van der Waals surface area (Å²) in [5, 5.41) is 37.4. The summed E-state index contributed by atoms with van der Waals surface area (Å²) >= 11 is 0. The molecule has 0 unspecified atom stereocenters. The minimum atomic E-state index is -0.996. The molecule has 0 radical (unpaired) electrons. The molecule has 0 aromatic rings. The van der Waals surface area contributed by atoms with Gasteiger partial charge in [0.2, 0.25) is 0 Å². The Morgan fingerprint density at radius 3 is 2.55 bits per heavy atom. The smallest absolute Gasteiger partial charge is 0.305 e. The Kier molecular flexibility index (Phi) is 8.27. The lowest BCUT2D eigenvalue weighted by molar-refractivity contribution is -0.273. The van der Waals surface area contributed by atoms with E-state index in [1.165, 1.54) is 0 Å². The molecule has 0 saturated carbocycles. The molecule has 0 amide bonds. The van der Waals surface area contributed by atoms with E-state index >= 15 is 0 Å². The van der Waals surface area contributed by atoms with E-state index in [0.29, 0.717) is 12.8 Å². The first-order valence-electron chi connectivity index (χ1n) is 7.86. The Bertz CT molecular complexity index is 336. The number of aliphatic hydroxyl groups is 3. The van der Waals surface area contributed by atoms with Gasteiger partial charge in [0.15, 0.2) is 6.29 Å². The van der Waals surface area contributed by atoms with Gasteiger partial charge in [0.1, 0.15) is 6.10 Å². The molecule has 0 spiro atoms. The zero-order valence-corrected chi connectivity index (χ0v) is 13.2. The summed E-state index contributed by atoms with van der Waals surface area (Å²) in [5.74, 6) is -0.996. The van der Waals surface area contributed by atoms with Crippen molar-refractivity contribution in [3.63, 3.8) is 0 Å². The van der Waals surface area contributed by atoms with Crippen molar-refractivity contribution in [2.24, 2.45) is 0 Å². The predicted octanol–water partition coefficient (Wildman–Crippen LogP) is 0.644. The van der Waals surface area contributed by atoms with Crippen LogP contribution in [-0.4, -0.2) is 63.2 Å². The van der Waals surface area contributed by atoms with Crippen molar-refractivity contribution in [1.29, 1.82) is 0 Å². The molecule has 1 fully saturated rings.